The fourth-order valence-electron chi connectivity index (χ4n) is 4.54. The van der Waals surface area contributed by atoms with Gasteiger partial charge in [-0.25, -0.2) is 0 Å². The lowest BCUT2D eigenvalue weighted by Crippen LogP contribution is -2.62. The molecule has 46 heavy (non-hydrogen) atoms. The second-order valence-electron chi connectivity index (χ2n) is 10.1. The first-order valence-corrected chi connectivity index (χ1v) is 15.4. The number of carbonyl (C=O) groups is 5. The molecule has 16 nitrogen and oxygen atoms in total. The fraction of sp³-hybridized carbons (Fsp3) is 0.759. The number of aliphatic hydroxyl groups excluding tert-OH is 1. The molecule has 0 aromatic heterocycles. The SMILES string of the molecule is C#CCOCCOCCO[C@H]1O[C@H](COC(C)=O)[C@@H](S[C@@H]2O[C@H](COC(C)=O)[C@H](OC(C)=O)[C@H](OC(C)=O)[C@H]2OC(C)=O)C[C@H]1O. The van der Waals surface area contributed by atoms with Gasteiger partial charge in [-0.2, -0.15) is 0 Å². The molecule has 0 saturated carbocycles. The Hall–Kier alpha value is -2.98. The molecule has 0 amide bonds. The van der Waals surface area contributed by atoms with Gasteiger partial charge in [-0.3, -0.25) is 24.0 Å². The van der Waals surface area contributed by atoms with E-state index in [9.17, 15) is 29.1 Å². The first kappa shape index (κ1) is 39.2. The summed E-state index contributed by atoms with van der Waals surface area (Å²) in [6.45, 7) is 6.12. The van der Waals surface area contributed by atoms with Gasteiger partial charge in [-0.05, 0) is 6.42 Å². The predicted molar refractivity (Wildman–Crippen MR) is 156 cm³/mol. The summed E-state index contributed by atoms with van der Waals surface area (Å²) < 4.78 is 55.1. The number of thioether (sulfide) groups is 1. The van der Waals surface area contributed by atoms with Gasteiger partial charge in [0.15, 0.2) is 24.6 Å². The van der Waals surface area contributed by atoms with Crippen molar-refractivity contribution in [3.63, 3.8) is 0 Å². The van der Waals surface area contributed by atoms with Gasteiger partial charge in [-0.15, -0.1) is 18.2 Å². The van der Waals surface area contributed by atoms with Gasteiger partial charge in [0.2, 0.25) is 0 Å². The lowest BCUT2D eigenvalue weighted by Gasteiger charge is -2.46. The topological polar surface area (TPSA) is 198 Å². The Labute approximate surface area is 271 Å². The molecule has 17 heteroatoms. The maximum Gasteiger partial charge on any atom is 0.303 e. The van der Waals surface area contributed by atoms with E-state index in [0.29, 0.717) is 6.61 Å². The van der Waals surface area contributed by atoms with Crippen LogP contribution < -0.4 is 0 Å². The molecular weight excluding hydrogens is 636 g/mol. The van der Waals surface area contributed by atoms with Crippen molar-refractivity contribution in [3.8, 4) is 12.3 Å². The highest BCUT2D eigenvalue weighted by Crippen LogP contribution is 2.40. The molecule has 2 fully saturated rings. The maximum atomic E-state index is 12.2. The molecule has 2 saturated heterocycles. The van der Waals surface area contributed by atoms with Crippen LogP contribution in [0.4, 0.5) is 0 Å². The van der Waals surface area contributed by atoms with Crippen molar-refractivity contribution >= 4 is 41.6 Å². The normalized spacial score (nSPS) is 29.1. The van der Waals surface area contributed by atoms with Crippen LogP contribution in [0.2, 0.25) is 0 Å². The zero-order valence-corrected chi connectivity index (χ0v) is 27.2. The largest absolute Gasteiger partial charge is 0.463 e. The van der Waals surface area contributed by atoms with Crippen LogP contribution in [-0.4, -0.2) is 135 Å². The Balaban J connectivity index is 2.27. The van der Waals surface area contributed by atoms with Gasteiger partial charge in [0.1, 0.15) is 43.6 Å². The average molecular weight is 679 g/mol. The van der Waals surface area contributed by atoms with E-state index >= 15 is 0 Å². The summed E-state index contributed by atoms with van der Waals surface area (Å²) in [5.41, 5.74) is -1.14. The van der Waals surface area contributed by atoms with Crippen molar-refractivity contribution in [2.24, 2.45) is 0 Å². The maximum absolute atomic E-state index is 12.2. The third-order valence-corrected chi connectivity index (χ3v) is 7.78. The molecule has 0 unspecified atom stereocenters. The Kier molecular flexibility index (Phi) is 17.3. The molecule has 2 aliphatic rings. The van der Waals surface area contributed by atoms with Gasteiger partial charge in [0.25, 0.3) is 0 Å². The number of aliphatic hydroxyl groups is 1. The third-order valence-electron chi connectivity index (χ3n) is 6.29. The first-order chi connectivity index (χ1) is 21.8. The molecule has 0 aliphatic carbocycles. The molecule has 9 atom stereocenters. The van der Waals surface area contributed by atoms with E-state index in [1.54, 1.807) is 0 Å². The minimum atomic E-state index is -1.37. The van der Waals surface area contributed by atoms with Crippen LogP contribution in [-0.2, 0) is 71.3 Å². The van der Waals surface area contributed by atoms with Crippen molar-refractivity contribution in [2.75, 3.05) is 46.2 Å². The zero-order valence-electron chi connectivity index (χ0n) is 26.4. The van der Waals surface area contributed by atoms with E-state index in [-0.39, 0.29) is 39.5 Å². The molecule has 2 rings (SSSR count). The standard InChI is InChI=1S/C29H42O16S/c1-7-8-36-9-10-37-11-12-38-28-21(35)13-24(22(44-28)14-39-16(2)30)46-29-27(43-20(6)34)26(42-19(5)33)25(41-18(4)32)23(45-29)15-40-17(3)31/h1,21-29,35H,8-15H2,2-6H3/t21-,22-,23-,24+,25+,26+,27-,28+,29+/m1/s1. The molecule has 1 N–H and O–H groups in total. The van der Waals surface area contributed by atoms with Gasteiger partial charge >= 0.3 is 29.8 Å². The van der Waals surface area contributed by atoms with Crippen molar-refractivity contribution in [2.45, 2.75) is 94.6 Å². The highest BCUT2D eigenvalue weighted by atomic mass is 32.2. The van der Waals surface area contributed by atoms with E-state index in [0.717, 1.165) is 32.5 Å². The summed E-state index contributed by atoms with van der Waals surface area (Å²) >= 11 is 1.03. The quantitative estimate of drug-likeness (QED) is 0.0925. The Bertz CT molecular complexity index is 1060. The summed E-state index contributed by atoms with van der Waals surface area (Å²) in [7, 11) is 0. The monoisotopic (exact) mass is 678 g/mol. The minimum Gasteiger partial charge on any atom is -0.463 e. The van der Waals surface area contributed by atoms with E-state index in [1.165, 1.54) is 13.8 Å². The average Bonchev–Trinajstić information content (AvgIpc) is 2.96. The number of esters is 5. The van der Waals surface area contributed by atoms with Crippen molar-refractivity contribution < 1.29 is 76.4 Å². The van der Waals surface area contributed by atoms with Gasteiger partial charge in [0, 0.05) is 39.9 Å². The van der Waals surface area contributed by atoms with Crippen LogP contribution in [0.3, 0.4) is 0 Å². The number of hydrogen-bond donors (Lipinski definition) is 1. The molecule has 0 bridgehead atoms. The van der Waals surface area contributed by atoms with Crippen molar-refractivity contribution in [3.05, 3.63) is 0 Å². The lowest BCUT2D eigenvalue weighted by molar-refractivity contribution is -0.248. The second-order valence-corrected chi connectivity index (χ2v) is 11.5. The van der Waals surface area contributed by atoms with Gasteiger partial charge in [-0.1, -0.05) is 5.92 Å². The van der Waals surface area contributed by atoms with E-state index < -0.39 is 90.1 Å². The summed E-state index contributed by atoms with van der Waals surface area (Å²) in [5.74, 6) is -1.18. The molecule has 0 aromatic carbocycles. The number of rotatable bonds is 17. The highest BCUT2D eigenvalue weighted by Gasteiger charge is 2.54. The highest BCUT2D eigenvalue weighted by molar-refractivity contribution is 8.00. The van der Waals surface area contributed by atoms with Gasteiger partial charge < -0.3 is 52.5 Å². The second kappa shape index (κ2) is 20.3. The first-order valence-electron chi connectivity index (χ1n) is 14.5. The molecule has 260 valence electrons. The fourth-order valence-corrected chi connectivity index (χ4v) is 6.08. The lowest BCUT2D eigenvalue weighted by atomic mass is 9.99. The predicted octanol–water partition coefficient (Wildman–Crippen LogP) is -0.107. The Morgan fingerprint density at radius 3 is 1.87 bits per heavy atom. The van der Waals surface area contributed by atoms with Crippen molar-refractivity contribution in [1.29, 1.82) is 0 Å². The summed E-state index contributed by atoms with van der Waals surface area (Å²) in [6, 6.07) is 0. The Morgan fingerprint density at radius 2 is 1.28 bits per heavy atom. The van der Waals surface area contributed by atoms with Crippen molar-refractivity contribution in [1.82, 2.24) is 0 Å². The smallest absolute Gasteiger partial charge is 0.303 e. The zero-order chi connectivity index (χ0) is 34.2. The molecular formula is C29H42O16S. The van der Waals surface area contributed by atoms with E-state index in [1.807, 2.05) is 0 Å². The molecule has 2 aliphatic heterocycles. The van der Waals surface area contributed by atoms with Gasteiger partial charge in [0.05, 0.1) is 26.4 Å². The molecule has 0 radical (unpaired) electrons. The van der Waals surface area contributed by atoms with Crippen LogP contribution in [0.1, 0.15) is 41.0 Å². The molecule has 0 spiro atoms. The summed E-state index contributed by atoms with van der Waals surface area (Å²) in [6.07, 6.45) is -3.14. The summed E-state index contributed by atoms with van der Waals surface area (Å²) in [5, 5.41) is 10.3. The number of carbonyl (C=O) groups excluding carboxylic acids is 5. The Morgan fingerprint density at radius 1 is 0.739 bits per heavy atom. The molecule has 2 heterocycles. The van der Waals surface area contributed by atoms with Crippen LogP contribution in [0.15, 0.2) is 0 Å². The minimum absolute atomic E-state index is 0.0366. The third kappa shape index (κ3) is 13.8. The number of hydrogen-bond acceptors (Lipinski definition) is 17. The number of terminal acetylenes is 1. The van der Waals surface area contributed by atoms with Crippen LogP contribution >= 0.6 is 11.8 Å². The number of ether oxygens (including phenoxy) is 10. The van der Waals surface area contributed by atoms with E-state index in [4.69, 9.17) is 53.8 Å². The summed E-state index contributed by atoms with van der Waals surface area (Å²) in [4.78, 5) is 59.6. The van der Waals surface area contributed by atoms with Crippen LogP contribution in [0.5, 0.6) is 0 Å². The molecule has 0 aromatic rings. The van der Waals surface area contributed by atoms with E-state index in [2.05, 4.69) is 5.92 Å². The van der Waals surface area contributed by atoms with Crippen LogP contribution in [0, 0.1) is 12.3 Å². The van der Waals surface area contributed by atoms with Crippen LogP contribution in [0.25, 0.3) is 0 Å².